The predicted molar refractivity (Wildman–Crippen MR) is 76.9 cm³/mol. The summed E-state index contributed by atoms with van der Waals surface area (Å²) in [6, 6.07) is 1.73. The van der Waals surface area contributed by atoms with Gasteiger partial charge >= 0.3 is 5.97 Å². The van der Waals surface area contributed by atoms with Crippen LogP contribution in [0.15, 0.2) is 17.5 Å². The average molecular weight is 295 g/mol. The molecule has 0 radical (unpaired) electrons. The van der Waals surface area contributed by atoms with Crippen LogP contribution < -0.4 is 5.32 Å². The molecule has 1 aromatic heterocycles. The second-order valence-electron chi connectivity index (χ2n) is 4.96. The Kier molecular flexibility index (Phi) is 4.57. The minimum Gasteiger partial charge on any atom is -0.478 e. The highest BCUT2D eigenvalue weighted by Gasteiger charge is 2.30. The van der Waals surface area contributed by atoms with E-state index in [1.165, 1.54) is 17.4 Å². The molecule has 5 nitrogen and oxygen atoms in total. The lowest BCUT2D eigenvalue weighted by molar-refractivity contribution is -0.131. The van der Waals surface area contributed by atoms with Gasteiger partial charge < -0.3 is 15.2 Å². The third-order valence-corrected chi connectivity index (χ3v) is 4.16. The number of amides is 1. The zero-order valence-electron chi connectivity index (χ0n) is 11.2. The number of carbonyl (C=O) groups excluding carboxylic acids is 1. The summed E-state index contributed by atoms with van der Waals surface area (Å²) in [5, 5.41) is 13.3. The molecule has 2 heterocycles. The fourth-order valence-electron chi connectivity index (χ4n) is 2.12. The molecule has 2 rings (SSSR count). The molecule has 6 heteroatoms. The lowest BCUT2D eigenvalue weighted by Gasteiger charge is -2.23. The molecular formula is C14H17NO4S. The molecule has 1 atom stereocenters. The Morgan fingerprint density at radius 3 is 3.05 bits per heavy atom. The molecule has 1 unspecified atom stereocenters. The van der Waals surface area contributed by atoms with Gasteiger partial charge in [-0.05, 0) is 42.9 Å². The number of carboxylic acid groups (broad SMARTS) is 1. The van der Waals surface area contributed by atoms with Gasteiger partial charge in [0.1, 0.15) is 0 Å². The van der Waals surface area contributed by atoms with Gasteiger partial charge in [0.2, 0.25) is 0 Å². The number of carbonyl (C=O) groups is 2. The average Bonchev–Trinajstić information content (AvgIpc) is 3.03. The highest BCUT2D eigenvalue weighted by Crippen LogP contribution is 2.24. The molecule has 0 aromatic carbocycles. The SMILES string of the molecule is CC1(CNC(=O)c2sccc2/C=C/C(=O)O)CCCO1. The first kappa shape index (κ1) is 14.7. The Morgan fingerprint density at radius 2 is 2.40 bits per heavy atom. The number of nitrogens with one attached hydrogen (secondary N) is 1. The number of aliphatic carboxylic acids is 1. The lowest BCUT2D eigenvalue weighted by Crippen LogP contribution is -2.40. The normalized spacial score (nSPS) is 22.2. The Morgan fingerprint density at radius 1 is 1.60 bits per heavy atom. The fourth-order valence-corrected chi connectivity index (χ4v) is 2.92. The van der Waals surface area contributed by atoms with Crippen LogP contribution in [0.2, 0.25) is 0 Å². The molecular weight excluding hydrogens is 278 g/mol. The van der Waals surface area contributed by atoms with Crippen LogP contribution in [0.25, 0.3) is 6.08 Å². The third-order valence-electron chi connectivity index (χ3n) is 3.23. The van der Waals surface area contributed by atoms with Gasteiger partial charge in [-0.25, -0.2) is 4.79 Å². The van der Waals surface area contributed by atoms with Crippen LogP contribution in [0.4, 0.5) is 0 Å². The van der Waals surface area contributed by atoms with Crippen LogP contribution in [0.1, 0.15) is 35.0 Å². The maximum absolute atomic E-state index is 12.1. The zero-order valence-corrected chi connectivity index (χ0v) is 12.0. The van der Waals surface area contributed by atoms with Crippen LogP contribution in [-0.4, -0.2) is 35.7 Å². The molecule has 0 saturated carbocycles. The molecule has 20 heavy (non-hydrogen) atoms. The van der Waals surface area contributed by atoms with Gasteiger partial charge in [-0.2, -0.15) is 0 Å². The number of thiophene rings is 1. The van der Waals surface area contributed by atoms with E-state index in [1.807, 2.05) is 6.92 Å². The van der Waals surface area contributed by atoms with Crippen molar-refractivity contribution in [3.05, 3.63) is 28.0 Å². The molecule has 1 aromatic rings. The van der Waals surface area contributed by atoms with E-state index in [0.29, 0.717) is 17.0 Å². The zero-order chi connectivity index (χ0) is 14.6. The van der Waals surface area contributed by atoms with E-state index >= 15 is 0 Å². The van der Waals surface area contributed by atoms with E-state index in [-0.39, 0.29) is 11.5 Å². The first-order chi connectivity index (χ1) is 9.50. The Hall–Kier alpha value is -1.66. The molecule has 0 aliphatic carbocycles. The van der Waals surface area contributed by atoms with Gasteiger partial charge in [-0.3, -0.25) is 4.79 Å². The smallest absolute Gasteiger partial charge is 0.328 e. The van der Waals surface area contributed by atoms with Crippen molar-refractivity contribution in [3.8, 4) is 0 Å². The van der Waals surface area contributed by atoms with E-state index in [9.17, 15) is 9.59 Å². The van der Waals surface area contributed by atoms with Crippen molar-refractivity contribution >= 4 is 29.3 Å². The highest BCUT2D eigenvalue weighted by atomic mass is 32.1. The molecule has 1 aliphatic rings. The number of hydrogen-bond donors (Lipinski definition) is 2. The number of ether oxygens (including phenoxy) is 1. The van der Waals surface area contributed by atoms with Crippen LogP contribution >= 0.6 is 11.3 Å². The topological polar surface area (TPSA) is 75.6 Å². The summed E-state index contributed by atoms with van der Waals surface area (Å²) in [5.41, 5.74) is 0.330. The van der Waals surface area contributed by atoms with Crippen molar-refractivity contribution in [1.29, 1.82) is 0 Å². The summed E-state index contributed by atoms with van der Waals surface area (Å²) < 4.78 is 5.61. The molecule has 0 spiro atoms. The van der Waals surface area contributed by atoms with Gasteiger partial charge in [0.25, 0.3) is 5.91 Å². The highest BCUT2D eigenvalue weighted by molar-refractivity contribution is 7.12. The largest absolute Gasteiger partial charge is 0.478 e. The standard InChI is InChI=1S/C14H17NO4S/c1-14(6-2-7-19-14)9-15-13(18)12-10(5-8-20-12)3-4-11(16)17/h3-5,8H,2,6-7,9H2,1H3,(H,15,18)(H,16,17)/b4-3+. The summed E-state index contributed by atoms with van der Waals surface area (Å²) in [5.74, 6) is -1.23. The number of carboxylic acids is 1. The van der Waals surface area contributed by atoms with E-state index in [1.54, 1.807) is 11.4 Å². The third kappa shape index (κ3) is 3.68. The van der Waals surface area contributed by atoms with E-state index in [0.717, 1.165) is 25.5 Å². The second-order valence-corrected chi connectivity index (χ2v) is 5.88. The van der Waals surface area contributed by atoms with Crippen molar-refractivity contribution < 1.29 is 19.4 Å². The van der Waals surface area contributed by atoms with E-state index < -0.39 is 5.97 Å². The van der Waals surface area contributed by atoms with Crippen LogP contribution in [0, 0.1) is 0 Å². The van der Waals surface area contributed by atoms with Gasteiger partial charge in [-0.15, -0.1) is 11.3 Å². The monoisotopic (exact) mass is 295 g/mol. The van der Waals surface area contributed by atoms with Crippen molar-refractivity contribution in [2.45, 2.75) is 25.4 Å². The van der Waals surface area contributed by atoms with Crippen LogP contribution in [-0.2, 0) is 9.53 Å². The molecule has 108 valence electrons. The molecule has 1 amide bonds. The maximum atomic E-state index is 12.1. The Balaban J connectivity index is 1.99. The molecule has 1 saturated heterocycles. The Bertz CT molecular complexity index is 529. The van der Waals surface area contributed by atoms with Crippen molar-refractivity contribution in [2.24, 2.45) is 0 Å². The molecule has 1 aliphatic heterocycles. The molecule has 0 bridgehead atoms. The summed E-state index contributed by atoms with van der Waals surface area (Å²) >= 11 is 1.29. The van der Waals surface area contributed by atoms with Crippen molar-refractivity contribution in [1.82, 2.24) is 5.32 Å². The molecule has 1 fully saturated rings. The van der Waals surface area contributed by atoms with Crippen LogP contribution in [0.5, 0.6) is 0 Å². The van der Waals surface area contributed by atoms with Gasteiger partial charge in [0.15, 0.2) is 0 Å². The van der Waals surface area contributed by atoms with Gasteiger partial charge in [0.05, 0.1) is 10.5 Å². The predicted octanol–water partition coefficient (Wildman–Crippen LogP) is 2.14. The first-order valence-electron chi connectivity index (χ1n) is 6.41. The quantitative estimate of drug-likeness (QED) is 0.816. The summed E-state index contributed by atoms with van der Waals surface area (Å²) in [6.45, 7) is 3.18. The summed E-state index contributed by atoms with van der Waals surface area (Å²) in [7, 11) is 0. The number of rotatable bonds is 5. The first-order valence-corrected chi connectivity index (χ1v) is 7.29. The lowest BCUT2D eigenvalue weighted by atomic mass is 10.0. The van der Waals surface area contributed by atoms with E-state index in [4.69, 9.17) is 9.84 Å². The summed E-state index contributed by atoms with van der Waals surface area (Å²) in [4.78, 5) is 23.2. The maximum Gasteiger partial charge on any atom is 0.328 e. The van der Waals surface area contributed by atoms with Crippen molar-refractivity contribution in [3.63, 3.8) is 0 Å². The number of hydrogen-bond acceptors (Lipinski definition) is 4. The molecule has 2 N–H and O–H groups in total. The Labute approximate surface area is 121 Å². The fraction of sp³-hybridized carbons (Fsp3) is 0.429. The minimum atomic E-state index is -1.03. The van der Waals surface area contributed by atoms with Gasteiger partial charge in [0, 0.05) is 19.2 Å². The second kappa shape index (κ2) is 6.19. The minimum absolute atomic E-state index is 0.193. The van der Waals surface area contributed by atoms with Crippen LogP contribution in [0.3, 0.4) is 0 Å². The van der Waals surface area contributed by atoms with Gasteiger partial charge in [-0.1, -0.05) is 0 Å². The van der Waals surface area contributed by atoms with Crippen molar-refractivity contribution in [2.75, 3.05) is 13.2 Å². The summed E-state index contributed by atoms with van der Waals surface area (Å²) in [6.07, 6.45) is 4.41. The van der Waals surface area contributed by atoms with E-state index in [2.05, 4.69) is 5.32 Å².